The van der Waals surface area contributed by atoms with Crippen LogP contribution in [0.1, 0.15) is 19.8 Å². The number of halogens is 1. The second kappa shape index (κ2) is 9.65. The molecule has 0 aliphatic carbocycles. The molecule has 102 valence electrons. The number of hydrogen-bond acceptors (Lipinski definition) is 4. The van der Waals surface area contributed by atoms with Crippen molar-refractivity contribution in [3.05, 3.63) is 0 Å². The van der Waals surface area contributed by atoms with Crippen molar-refractivity contribution in [2.75, 3.05) is 39.4 Å². The Labute approximate surface area is 109 Å². The van der Waals surface area contributed by atoms with Gasteiger partial charge in [-0.25, -0.2) is 0 Å². The van der Waals surface area contributed by atoms with Gasteiger partial charge in [-0.2, -0.15) is 0 Å². The molecule has 1 fully saturated rings. The Hall–Kier alpha value is -0.360. The Morgan fingerprint density at radius 3 is 2.71 bits per heavy atom. The summed E-state index contributed by atoms with van der Waals surface area (Å²) in [5.74, 6) is 0.0789. The molecule has 1 rings (SSSR count). The Bertz CT molecular complexity index is 209. The maximum absolute atomic E-state index is 11.5. The predicted molar refractivity (Wildman–Crippen MR) is 70.4 cm³/mol. The maximum Gasteiger partial charge on any atom is 0.234 e. The molecule has 0 unspecified atom stereocenters. The molecule has 0 spiro atoms. The molecule has 6 heteroatoms. The van der Waals surface area contributed by atoms with Crippen molar-refractivity contribution in [1.29, 1.82) is 0 Å². The van der Waals surface area contributed by atoms with Gasteiger partial charge in [0.25, 0.3) is 0 Å². The summed E-state index contributed by atoms with van der Waals surface area (Å²) in [6.07, 6.45) is 1.98. The number of ether oxygens (including phenoxy) is 1. The molecule has 5 nitrogen and oxygen atoms in total. The van der Waals surface area contributed by atoms with Gasteiger partial charge < -0.3 is 15.8 Å². The zero-order valence-corrected chi connectivity index (χ0v) is 11.3. The number of nitrogens with one attached hydrogen (secondary N) is 1. The van der Waals surface area contributed by atoms with E-state index in [1.807, 2.05) is 6.92 Å². The van der Waals surface area contributed by atoms with E-state index in [0.29, 0.717) is 32.3 Å². The van der Waals surface area contributed by atoms with E-state index in [1.165, 1.54) is 0 Å². The smallest absolute Gasteiger partial charge is 0.234 e. The van der Waals surface area contributed by atoms with Crippen LogP contribution < -0.4 is 11.1 Å². The summed E-state index contributed by atoms with van der Waals surface area (Å²) in [6.45, 7) is 6.17. The van der Waals surface area contributed by atoms with Crippen LogP contribution in [0.3, 0.4) is 0 Å². The van der Waals surface area contributed by atoms with E-state index in [9.17, 15) is 4.79 Å². The molecule has 17 heavy (non-hydrogen) atoms. The van der Waals surface area contributed by atoms with Gasteiger partial charge in [0.15, 0.2) is 0 Å². The van der Waals surface area contributed by atoms with Gasteiger partial charge in [0.1, 0.15) is 0 Å². The third-order valence-electron chi connectivity index (χ3n) is 2.77. The third-order valence-corrected chi connectivity index (χ3v) is 2.77. The standard InChI is InChI=1S/C11H23N3O2.ClH/c1-2-16-8-5-13-11(15)9-14-6-3-10(12)4-7-14;/h10H,2-9,12H2,1H3,(H,13,15);1H. The van der Waals surface area contributed by atoms with Gasteiger partial charge in [0, 0.05) is 32.3 Å². The first-order valence-corrected chi connectivity index (χ1v) is 6.04. The minimum atomic E-state index is 0. The molecule has 1 heterocycles. The lowest BCUT2D eigenvalue weighted by molar-refractivity contribution is -0.122. The topological polar surface area (TPSA) is 67.6 Å². The summed E-state index contributed by atoms with van der Waals surface area (Å²) in [7, 11) is 0. The molecule has 0 aromatic heterocycles. The Morgan fingerprint density at radius 2 is 2.12 bits per heavy atom. The molecule has 1 amide bonds. The van der Waals surface area contributed by atoms with Crippen LogP contribution >= 0.6 is 12.4 Å². The van der Waals surface area contributed by atoms with Crippen molar-refractivity contribution < 1.29 is 9.53 Å². The highest BCUT2D eigenvalue weighted by molar-refractivity contribution is 5.85. The van der Waals surface area contributed by atoms with E-state index in [2.05, 4.69) is 10.2 Å². The second-order valence-electron chi connectivity index (χ2n) is 4.16. The summed E-state index contributed by atoms with van der Waals surface area (Å²) >= 11 is 0. The molecular formula is C11H24ClN3O2. The van der Waals surface area contributed by atoms with Crippen LogP contribution in [0, 0.1) is 0 Å². The molecule has 1 aliphatic heterocycles. The highest BCUT2D eigenvalue weighted by Crippen LogP contribution is 2.06. The van der Waals surface area contributed by atoms with Gasteiger partial charge in [-0.15, -0.1) is 12.4 Å². The number of nitrogens with two attached hydrogens (primary N) is 1. The molecule has 3 N–H and O–H groups in total. The fraction of sp³-hybridized carbons (Fsp3) is 0.909. The number of amides is 1. The fourth-order valence-corrected chi connectivity index (χ4v) is 1.78. The monoisotopic (exact) mass is 265 g/mol. The van der Waals surface area contributed by atoms with Gasteiger partial charge >= 0.3 is 0 Å². The summed E-state index contributed by atoms with van der Waals surface area (Å²) in [5, 5.41) is 2.84. The molecule has 1 aliphatic rings. The molecule has 0 aromatic carbocycles. The van der Waals surface area contributed by atoms with Crippen LogP contribution in [0.5, 0.6) is 0 Å². The fourth-order valence-electron chi connectivity index (χ4n) is 1.78. The lowest BCUT2D eigenvalue weighted by Crippen LogP contribution is -2.45. The van der Waals surface area contributed by atoms with E-state index in [1.54, 1.807) is 0 Å². The van der Waals surface area contributed by atoms with E-state index < -0.39 is 0 Å². The minimum absolute atomic E-state index is 0. The van der Waals surface area contributed by atoms with Gasteiger partial charge in [-0.3, -0.25) is 9.69 Å². The summed E-state index contributed by atoms with van der Waals surface area (Å²) in [4.78, 5) is 13.7. The van der Waals surface area contributed by atoms with Crippen molar-refractivity contribution in [2.24, 2.45) is 5.73 Å². The van der Waals surface area contributed by atoms with Crippen LogP contribution in [-0.2, 0) is 9.53 Å². The van der Waals surface area contributed by atoms with Gasteiger partial charge in [-0.05, 0) is 19.8 Å². The lowest BCUT2D eigenvalue weighted by atomic mass is 10.1. The van der Waals surface area contributed by atoms with E-state index >= 15 is 0 Å². The average Bonchev–Trinajstić information content (AvgIpc) is 2.28. The lowest BCUT2D eigenvalue weighted by Gasteiger charge is -2.29. The van der Waals surface area contributed by atoms with Gasteiger partial charge in [-0.1, -0.05) is 0 Å². The highest BCUT2D eigenvalue weighted by atomic mass is 35.5. The van der Waals surface area contributed by atoms with Crippen LogP contribution in [0.25, 0.3) is 0 Å². The first-order valence-electron chi connectivity index (χ1n) is 6.04. The third kappa shape index (κ3) is 7.54. The summed E-state index contributed by atoms with van der Waals surface area (Å²) in [5.41, 5.74) is 5.80. The molecule has 1 saturated heterocycles. The first kappa shape index (κ1) is 16.6. The number of likely N-dealkylation sites (tertiary alicyclic amines) is 1. The molecule has 0 saturated carbocycles. The Balaban J connectivity index is 0.00000256. The largest absolute Gasteiger partial charge is 0.380 e. The number of nitrogens with zero attached hydrogens (tertiary/aromatic N) is 1. The van der Waals surface area contributed by atoms with Crippen LogP contribution in [0.15, 0.2) is 0 Å². The maximum atomic E-state index is 11.5. The number of carbonyl (C=O) groups is 1. The summed E-state index contributed by atoms with van der Waals surface area (Å²) < 4.78 is 5.14. The van der Waals surface area contributed by atoms with Crippen molar-refractivity contribution in [1.82, 2.24) is 10.2 Å². The minimum Gasteiger partial charge on any atom is -0.380 e. The van der Waals surface area contributed by atoms with E-state index in [-0.39, 0.29) is 18.3 Å². The van der Waals surface area contributed by atoms with Crippen LogP contribution in [0.4, 0.5) is 0 Å². The number of rotatable bonds is 6. The van der Waals surface area contributed by atoms with Crippen molar-refractivity contribution in [3.8, 4) is 0 Å². The van der Waals surface area contributed by atoms with Gasteiger partial charge in [0.05, 0.1) is 13.2 Å². The zero-order chi connectivity index (χ0) is 11.8. The molecular weight excluding hydrogens is 242 g/mol. The van der Waals surface area contributed by atoms with Crippen LogP contribution in [-0.4, -0.2) is 56.2 Å². The van der Waals surface area contributed by atoms with Gasteiger partial charge in [0.2, 0.25) is 5.91 Å². The zero-order valence-electron chi connectivity index (χ0n) is 10.5. The SMILES string of the molecule is CCOCCNC(=O)CN1CCC(N)CC1.Cl. The van der Waals surface area contributed by atoms with Crippen molar-refractivity contribution >= 4 is 18.3 Å². The Morgan fingerprint density at radius 1 is 1.47 bits per heavy atom. The average molecular weight is 266 g/mol. The van der Waals surface area contributed by atoms with Crippen molar-refractivity contribution in [2.45, 2.75) is 25.8 Å². The summed E-state index contributed by atoms with van der Waals surface area (Å²) in [6, 6.07) is 0.317. The normalized spacial score (nSPS) is 17.5. The highest BCUT2D eigenvalue weighted by Gasteiger charge is 2.17. The first-order chi connectivity index (χ1) is 7.72. The van der Waals surface area contributed by atoms with Crippen LogP contribution in [0.2, 0.25) is 0 Å². The number of carbonyl (C=O) groups excluding carboxylic acids is 1. The van der Waals surface area contributed by atoms with Crippen molar-refractivity contribution in [3.63, 3.8) is 0 Å². The number of piperidine rings is 1. The van der Waals surface area contributed by atoms with E-state index in [0.717, 1.165) is 25.9 Å². The Kier molecular flexibility index (Phi) is 9.44. The molecule has 0 bridgehead atoms. The van der Waals surface area contributed by atoms with E-state index in [4.69, 9.17) is 10.5 Å². The molecule has 0 atom stereocenters. The molecule has 0 aromatic rings. The number of hydrogen-bond donors (Lipinski definition) is 2. The quantitative estimate of drug-likeness (QED) is 0.663. The predicted octanol–water partition coefficient (Wildman–Crippen LogP) is -0.0160. The molecule has 0 radical (unpaired) electrons. The second-order valence-corrected chi connectivity index (χ2v) is 4.16.